The van der Waals surface area contributed by atoms with Crippen molar-refractivity contribution in [2.24, 2.45) is 0 Å². The van der Waals surface area contributed by atoms with Gasteiger partial charge < -0.3 is 5.11 Å². The van der Waals surface area contributed by atoms with Crippen molar-refractivity contribution in [2.45, 2.75) is 39.5 Å². The van der Waals surface area contributed by atoms with Gasteiger partial charge in [-0.2, -0.15) is 0 Å². The number of hydrogen-bond donors (Lipinski definition) is 1. The van der Waals surface area contributed by atoms with Crippen molar-refractivity contribution in [3.8, 4) is 0 Å². The van der Waals surface area contributed by atoms with Crippen molar-refractivity contribution in [3.63, 3.8) is 0 Å². The van der Waals surface area contributed by atoms with Gasteiger partial charge >= 0.3 is 0 Å². The number of hydrogen-bond acceptors (Lipinski definition) is 2. The summed E-state index contributed by atoms with van der Waals surface area (Å²) < 4.78 is 0. The molecule has 0 bridgehead atoms. The summed E-state index contributed by atoms with van der Waals surface area (Å²) in [5.74, 6) is -0.0625. The van der Waals surface area contributed by atoms with Crippen molar-refractivity contribution in [1.29, 1.82) is 0 Å². The van der Waals surface area contributed by atoms with Crippen LogP contribution >= 0.6 is 0 Å². The van der Waals surface area contributed by atoms with E-state index in [1.54, 1.807) is 0 Å². The largest absolute Gasteiger partial charge is 0.512 e. The first-order valence-electron chi connectivity index (χ1n) is 5.30. The third-order valence-electron chi connectivity index (χ3n) is 1.75. The normalized spacial score (nSPS) is 15.0. The molecule has 0 saturated heterocycles. The fraction of sp³-hybridized carbons (Fsp3) is 0.462. The first-order chi connectivity index (χ1) is 7.13. The minimum absolute atomic E-state index is 0. The standard InChI is InChI=1S/C8H12.C5H8O2.Rh/c1-2-4-6-8-7-5-3-1;1-4(6)3-5(2)7;/h1-2,7-8H,3-6H2;3,6H,1-2H3;/b;4-3-;. The molecule has 0 aliphatic heterocycles. The van der Waals surface area contributed by atoms with E-state index in [0.29, 0.717) is 0 Å². The Balaban J connectivity index is 0. The van der Waals surface area contributed by atoms with Crippen LogP contribution in [0.15, 0.2) is 36.1 Å². The number of aliphatic hydroxyl groups is 1. The van der Waals surface area contributed by atoms with Gasteiger partial charge in [-0.05, 0) is 39.5 Å². The van der Waals surface area contributed by atoms with Gasteiger partial charge in [-0.1, -0.05) is 24.3 Å². The molecule has 93 valence electrons. The Morgan fingerprint density at radius 2 is 1.31 bits per heavy atom. The second-order valence-corrected chi connectivity index (χ2v) is 3.49. The Morgan fingerprint density at radius 1 is 1.00 bits per heavy atom. The topological polar surface area (TPSA) is 37.3 Å². The predicted molar refractivity (Wildman–Crippen MR) is 63.8 cm³/mol. The number of ketones is 1. The van der Waals surface area contributed by atoms with Gasteiger partial charge in [0.25, 0.3) is 0 Å². The summed E-state index contributed by atoms with van der Waals surface area (Å²) in [4.78, 5) is 10.0. The fourth-order valence-corrected chi connectivity index (χ4v) is 1.15. The molecule has 0 unspecified atom stereocenters. The molecule has 3 heteroatoms. The van der Waals surface area contributed by atoms with E-state index in [9.17, 15) is 4.79 Å². The van der Waals surface area contributed by atoms with Crippen LogP contribution in [0.5, 0.6) is 0 Å². The summed E-state index contributed by atoms with van der Waals surface area (Å²) in [6.07, 6.45) is 15.2. The minimum Gasteiger partial charge on any atom is -0.512 e. The van der Waals surface area contributed by atoms with Crippen LogP contribution in [0.3, 0.4) is 0 Å². The smallest absolute Gasteiger partial charge is 0.155 e. The first-order valence-corrected chi connectivity index (χ1v) is 5.30. The van der Waals surface area contributed by atoms with Gasteiger partial charge in [0.2, 0.25) is 0 Å². The van der Waals surface area contributed by atoms with Crippen LogP contribution in [-0.4, -0.2) is 10.9 Å². The van der Waals surface area contributed by atoms with Gasteiger partial charge in [0, 0.05) is 25.6 Å². The van der Waals surface area contributed by atoms with Crippen LogP contribution in [0.25, 0.3) is 0 Å². The molecule has 1 aliphatic carbocycles. The van der Waals surface area contributed by atoms with Gasteiger partial charge in [-0.15, -0.1) is 0 Å². The molecule has 1 N–H and O–H groups in total. The van der Waals surface area contributed by atoms with Crippen LogP contribution < -0.4 is 0 Å². The average Bonchev–Trinajstić information content (AvgIpc) is 1.99. The maximum absolute atomic E-state index is 10.0. The molecule has 0 spiro atoms. The maximum atomic E-state index is 10.0. The molecule has 0 aromatic carbocycles. The Hall–Kier alpha value is -0.687. The Labute approximate surface area is 111 Å². The van der Waals surface area contributed by atoms with Crippen molar-refractivity contribution in [3.05, 3.63) is 36.1 Å². The number of rotatable bonds is 1. The molecule has 0 fully saturated rings. The second-order valence-electron chi connectivity index (χ2n) is 3.49. The van der Waals surface area contributed by atoms with Crippen molar-refractivity contribution in [1.82, 2.24) is 0 Å². The van der Waals surface area contributed by atoms with Crippen LogP contribution in [0.4, 0.5) is 0 Å². The zero-order valence-electron chi connectivity index (χ0n) is 9.90. The number of carbonyl (C=O) groups is 1. The SMILES string of the molecule is C1=CCCC=CCC1.CC(=O)/C=C(/C)O.[Rh]. The molecule has 1 rings (SSSR count). The monoisotopic (exact) mass is 311 g/mol. The van der Waals surface area contributed by atoms with Crippen LogP contribution in [0, 0.1) is 0 Å². The molecule has 0 amide bonds. The van der Waals surface area contributed by atoms with E-state index in [1.165, 1.54) is 45.6 Å². The number of allylic oxidation sites excluding steroid dienone is 6. The third-order valence-corrected chi connectivity index (χ3v) is 1.75. The predicted octanol–water partition coefficient (Wildman–Crippen LogP) is 3.71. The quantitative estimate of drug-likeness (QED) is 0.347. The van der Waals surface area contributed by atoms with Crippen molar-refractivity contribution < 1.29 is 29.4 Å². The van der Waals surface area contributed by atoms with Crippen molar-refractivity contribution in [2.75, 3.05) is 0 Å². The van der Waals surface area contributed by atoms with Gasteiger partial charge in [0.05, 0.1) is 5.76 Å². The van der Waals surface area contributed by atoms with E-state index in [2.05, 4.69) is 24.3 Å². The summed E-state index contributed by atoms with van der Waals surface area (Å²) >= 11 is 0. The molecule has 16 heavy (non-hydrogen) atoms. The number of carbonyl (C=O) groups excluding carboxylic acids is 1. The summed E-state index contributed by atoms with van der Waals surface area (Å²) in [6, 6.07) is 0. The summed E-state index contributed by atoms with van der Waals surface area (Å²) in [7, 11) is 0. The maximum Gasteiger partial charge on any atom is 0.155 e. The van der Waals surface area contributed by atoms with Gasteiger partial charge in [0.15, 0.2) is 5.78 Å². The van der Waals surface area contributed by atoms with Crippen LogP contribution in [0.1, 0.15) is 39.5 Å². The molecular weight excluding hydrogens is 291 g/mol. The number of aliphatic hydroxyl groups excluding tert-OH is 1. The molecule has 0 aromatic heterocycles. The van der Waals surface area contributed by atoms with Gasteiger partial charge in [-0.25, -0.2) is 0 Å². The molecule has 2 nitrogen and oxygen atoms in total. The molecule has 0 saturated carbocycles. The zero-order chi connectivity index (χ0) is 11.5. The van der Waals surface area contributed by atoms with E-state index in [1.807, 2.05) is 0 Å². The average molecular weight is 311 g/mol. The van der Waals surface area contributed by atoms with E-state index in [4.69, 9.17) is 5.11 Å². The zero-order valence-corrected chi connectivity index (χ0v) is 11.5. The first kappa shape index (κ1) is 17.7. The summed E-state index contributed by atoms with van der Waals surface area (Å²) in [5.41, 5.74) is 0. The van der Waals surface area contributed by atoms with Crippen LogP contribution in [-0.2, 0) is 24.3 Å². The van der Waals surface area contributed by atoms with E-state index in [-0.39, 0.29) is 31.0 Å². The van der Waals surface area contributed by atoms with E-state index >= 15 is 0 Å². The summed E-state index contributed by atoms with van der Waals surface area (Å²) in [6.45, 7) is 2.85. The second kappa shape index (κ2) is 12.4. The molecule has 0 atom stereocenters. The van der Waals surface area contributed by atoms with E-state index in [0.717, 1.165) is 0 Å². The van der Waals surface area contributed by atoms with Gasteiger partial charge in [0.1, 0.15) is 0 Å². The molecular formula is C13H20O2Rh. The molecule has 1 aliphatic rings. The molecule has 0 heterocycles. The molecule has 0 aromatic rings. The molecule has 1 radical (unpaired) electrons. The Bertz CT molecular complexity index is 235. The van der Waals surface area contributed by atoms with Crippen LogP contribution in [0.2, 0.25) is 0 Å². The van der Waals surface area contributed by atoms with Gasteiger partial charge in [-0.3, -0.25) is 4.79 Å². The Kier molecular flexibility index (Phi) is 13.7. The Morgan fingerprint density at radius 3 is 1.44 bits per heavy atom. The minimum atomic E-state index is -0.125. The summed E-state index contributed by atoms with van der Waals surface area (Å²) in [5, 5.41) is 8.36. The van der Waals surface area contributed by atoms with E-state index < -0.39 is 0 Å². The fourth-order valence-electron chi connectivity index (χ4n) is 1.15. The van der Waals surface area contributed by atoms with Crippen molar-refractivity contribution >= 4 is 5.78 Å². The third kappa shape index (κ3) is 15.8.